The number of amides is 1. The number of benzene rings is 1. The smallest absolute Gasteiger partial charge is 0.261 e. The summed E-state index contributed by atoms with van der Waals surface area (Å²) < 4.78 is 5.61. The van der Waals surface area contributed by atoms with Crippen LogP contribution in [0.2, 0.25) is 0 Å². The molecule has 0 unspecified atom stereocenters. The number of ether oxygens (including phenoxy) is 1. The van der Waals surface area contributed by atoms with E-state index in [1.54, 1.807) is 6.07 Å². The van der Waals surface area contributed by atoms with Crippen LogP contribution in [-0.4, -0.2) is 42.4 Å². The molecule has 2 heterocycles. The van der Waals surface area contributed by atoms with Crippen LogP contribution >= 0.6 is 11.3 Å². The van der Waals surface area contributed by atoms with E-state index in [4.69, 9.17) is 4.74 Å². The van der Waals surface area contributed by atoms with E-state index < -0.39 is 6.10 Å². The van der Waals surface area contributed by atoms with E-state index in [9.17, 15) is 9.90 Å². The second kappa shape index (κ2) is 7.70. The monoisotopic (exact) mass is 332 g/mol. The highest BCUT2D eigenvalue weighted by atomic mass is 32.1. The minimum absolute atomic E-state index is 0.126. The lowest BCUT2D eigenvalue weighted by Gasteiger charge is -2.18. The summed E-state index contributed by atoms with van der Waals surface area (Å²) in [6, 6.07) is 13.5. The highest BCUT2D eigenvalue weighted by Gasteiger charge is 2.35. The van der Waals surface area contributed by atoms with Gasteiger partial charge in [0.2, 0.25) is 0 Å². The second-order valence-corrected chi connectivity index (χ2v) is 6.47. The fourth-order valence-corrected chi connectivity index (χ4v) is 3.22. The van der Waals surface area contributed by atoms with Crippen LogP contribution in [0, 0.1) is 0 Å². The van der Waals surface area contributed by atoms with Crippen LogP contribution in [0.3, 0.4) is 0 Å². The van der Waals surface area contributed by atoms with Crippen LogP contribution in [-0.2, 0) is 11.3 Å². The van der Waals surface area contributed by atoms with Gasteiger partial charge in [-0.2, -0.15) is 0 Å². The van der Waals surface area contributed by atoms with Gasteiger partial charge in [0.1, 0.15) is 6.10 Å². The second-order valence-electron chi connectivity index (χ2n) is 5.52. The molecule has 1 aromatic carbocycles. The van der Waals surface area contributed by atoms with Crippen LogP contribution in [0.25, 0.3) is 0 Å². The van der Waals surface area contributed by atoms with Crippen molar-refractivity contribution in [3.8, 4) is 0 Å². The number of carbonyl (C=O) groups excluding carboxylic acids is 1. The van der Waals surface area contributed by atoms with Crippen LogP contribution < -0.4 is 10.6 Å². The van der Waals surface area contributed by atoms with Crippen LogP contribution in [0.15, 0.2) is 47.8 Å². The molecule has 2 aromatic rings. The Kier molecular flexibility index (Phi) is 5.40. The Bertz CT molecular complexity index is 618. The number of aliphatic hydroxyl groups is 1. The molecular formula is C17H20N2O3S. The van der Waals surface area contributed by atoms with Gasteiger partial charge in [-0.25, -0.2) is 0 Å². The Balaban J connectivity index is 1.45. The summed E-state index contributed by atoms with van der Waals surface area (Å²) in [5, 5.41) is 18.3. The van der Waals surface area contributed by atoms with Gasteiger partial charge in [0.15, 0.2) is 0 Å². The quantitative estimate of drug-likeness (QED) is 0.748. The minimum Gasteiger partial charge on any atom is -0.389 e. The van der Waals surface area contributed by atoms with Gasteiger partial charge in [0.25, 0.3) is 5.91 Å². The Hall–Kier alpha value is -1.73. The first-order valence-corrected chi connectivity index (χ1v) is 8.50. The van der Waals surface area contributed by atoms with E-state index in [-0.39, 0.29) is 18.1 Å². The van der Waals surface area contributed by atoms with E-state index >= 15 is 0 Å². The van der Waals surface area contributed by atoms with Crippen molar-refractivity contribution in [2.45, 2.75) is 24.8 Å². The standard InChI is InChI=1S/C17H20N2O3S/c20-16-13(18-9-12-5-2-1-3-6-12)11-22-14(16)10-19-17(21)15-7-4-8-23-15/h1-8,13-14,16,18,20H,9-11H2,(H,19,21)/t13-,14-,16+/m1/s1. The summed E-state index contributed by atoms with van der Waals surface area (Å²) in [6.07, 6.45) is -1.02. The highest BCUT2D eigenvalue weighted by molar-refractivity contribution is 7.12. The summed E-state index contributed by atoms with van der Waals surface area (Å²) in [6.45, 7) is 1.43. The molecule has 1 aliphatic heterocycles. The molecular weight excluding hydrogens is 312 g/mol. The summed E-state index contributed by atoms with van der Waals surface area (Å²) in [5.41, 5.74) is 1.16. The average molecular weight is 332 g/mol. The SMILES string of the molecule is O=C(NC[C@H]1OC[C@@H](NCc2ccccc2)[C@@H]1O)c1cccs1. The Morgan fingerprint density at radius 2 is 2.09 bits per heavy atom. The Morgan fingerprint density at radius 1 is 1.26 bits per heavy atom. The van der Waals surface area contributed by atoms with Crippen LogP contribution in [0.1, 0.15) is 15.2 Å². The van der Waals surface area contributed by atoms with E-state index in [0.29, 0.717) is 24.6 Å². The molecule has 5 nitrogen and oxygen atoms in total. The number of nitrogens with one attached hydrogen (secondary N) is 2. The zero-order chi connectivity index (χ0) is 16.1. The van der Waals surface area contributed by atoms with Gasteiger partial charge < -0.3 is 20.5 Å². The lowest BCUT2D eigenvalue weighted by Crippen LogP contribution is -2.44. The van der Waals surface area contributed by atoms with Crippen molar-refractivity contribution in [1.82, 2.24) is 10.6 Å². The van der Waals surface area contributed by atoms with Crippen LogP contribution in [0.4, 0.5) is 0 Å². The van der Waals surface area contributed by atoms with Crippen molar-refractivity contribution < 1.29 is 14.6 Å². The molecule has 122 valence electrons. The van der Waals surface area contributed by atoms with Gasteiger partial charge in [-0.15, -0.1) is 11.3 Å². The number of thiophene rings is 1. The Morgan fingerprint density at radius 3 is 2.83 bits per heavy atom. The molecule has 23 heavy (non-hydrogen) atoms. The third-order valence-corrected chi connectivity index (χ3v) is 4.77. The fraction of sp³-hybridized carbons (Fsp3) is 0.353. The topological polar surface area (TPSA) is 70.6 Å². The molecule has 0 spiro atoms. The van der Waals surface area contributed by atoms with Crippen molar-refractivity contribution in [2.24, 2.45) is 0 Å². The molecule has 3 atom stereocenters. The maximum atomic E-state index is 11.9. The lowest BCUT2D eigenvalue weighted by atomic mass is 10.1. The largest absolute Gasteiger partial charge is 0.389 e. The first kappa shape index (κ1) is 16.1. The van der Waals surface area contributed by atoms with Crippen LogP contribution in [0.5, 0.6) is 0 Å². The van der Waals surface area contributed by atoms with Gasteiger partial charge in [-0.1, -0.05) is 36.4 Å². The zero-order valence-electron chi connectivity index (χ0n) is 12.6. The highest BCUT2D eigenvalue weighted by Crippen LogP contribution is 2.15. The van der Waals surface area contributed by atoms with Crippen molar-refractivity contribution in [3.05, 3.63) is 58.3 Å². The maximum Gasteiger partial charge on any atom is 0.261 e. The average Bonchev–Trinajstić information content (AvgIpc) is 3.22. The molecule has 1 fully saturated rings. The number of carbonyl (C=O) groups is 1. The molecule has 1 saturated heterocycles. The molecule has 0 saturated carbocycles. The summed E-state index contributed by atoms with van der Waals surface area (Å²) in [4.78, 5) is 12.6. The lowest BCUT2D eigenvalue weighted by molar-refractivity contribution is 0.0399. The van der Waals surface area contributed by atoms with Gasteiger partial charge in [-0.3, -0.25) is 4.79 Å². The minimum atomic E-state index is -0.637. The van der Waals surface area contributed by atoms with E-state index in [1.165, 1.54) is 11.3 Å². The van der Waals surface area contributed by atoms with Gasteiger partial charge in [0.05, 0.1) is 23.6 Å². The maximum absolute atomic E-state index is 11.9. The number of rotatable bonds is 6. The molecule has 1 amide bonds. The Labute approximate surface area is 139 Å². The molecule has 1 aliphatic rings. The molecule has 0 bridgehead atoms. The molecule has 6 heteroatoms. The fourth-order valence-electron chi connectivity index (χ4n) is 2.58. The van der Waals surface area contributed by atoms with Gasteiger partial charge >= 0.3 is 0 Å². The van der Waals surface area contributed by atoms with Gasteiger partial charge in [-0.05, 0) is 17.0 Å². The third kappa shape index (κ3) is 4.17. The van der Waals surface area contributed by atoms with E-state index in [2.05, 4.69) is 10.6 Å². The van der Waals surface area contributed by atoms with Gasteiger partial charge in [0, 0.05) is 13.1 Å². The number of hydrogen-bond acceptors (Lipinski definition) is 5. The zero-order valence-corrected chi connectivity index (χ0v) is 13.5. The first-order valence-electron chi connectivity index (χ1n) is 7.63. The molecule has 1 aromatic heterocycles. The predicted octanol–water partition coefficient (Wildman–Crippen LogP) is 1.40. The molecule has 0 aliphatic carbocycles. The molecule has 3 rings (SSSR count). The number of aliphatic hydroxyl groups excluding tert-OH is 1. The normalized spacial score (nSPS) is 23.8. The molecule has 3 N–H and O–H groups in total. The summed E-state index contributed by atoms with van der Waals surface area (Å²) in [5.74, 6) is -0.128. The summed E-state index contributed by atoms with van der Waals surface area (Å²) >= 11 is 1.39. The van der Waals surface area contributed by atoms with Crippen molar-refractivity contribution in [3.63, 3.8) is 0 Å². The first-order chi connectivity index (χ1) is 11.2. The van der Waals surface area contributed by atoms with E-state index in [1.807, 2.05) is 41.8 Å². The molecule has 0 radical (unpaired) electrons. The number of hydrogen-bond donors (Lipinski definition) is 3. The van der Waals surface area contributed by atoms with E-state index in [0.717, 1.165) is 5.56 Å². The summed E-state index contributed by atoms with van der Waals surface area (Å²) in [7, 11) is 0. The van der Waals surface area contributed by atoms with Crippen molar-refractivity contribution in [1.29, 1.82) is 0 Å². The third-order valence-electron chi connectivity index (χ3n) is 3.90. The predicted molar refractivity (Wildman–Crippen MR) is 89.5 cm³/mol. The van der Waals surface area contributed by atoms with Crippen molar-refractivity contribution >= 4 is 17.2 Å². The van der Waals surface area contributed by atoms with Crippen molar-refractivity contribution in [2.75, 3.05) is 13.2 Å².